The second-order valence-corrected chi connectivity index (χ2v) is 6.84. The predicted octanol–water partition coefficient (Wildman–Crippen LogP) is 1.38. The van der Waals surface area contributed by atoms with Crippen LogP contribution in [0.4, 0.5) is 5.82 Å². The Kier molecular flexibility index (Phi) is 3.78. The van der Waals surface area contributed by atoms with Gasteiger partial charge in [0.1, 0.15) is 10.7 Å². The Morgan fingerprint density at radius 2 is 1.94 bits per heavy atom. The molecule has 96 valence electrons. The monoisotopic (exact) mass is 257 g/mol. The number of nitrogens with two attached hydrogens (primary N) is 1. The Balaban J connectivity index is 2.94. The molecule has 1 rings (SSSR count). The quantitative estimate of drug-likeness (QED) is 0.856. The van der Waals surface area contributed by atoms with Crippen molar-refractivity contribution >= 4 is 15.8 Å². The van der Waals surface area contributed by atoms with E-state index in [0.717, 1.165) is 0 Å². The van der Waals surface area contributed by atoms with E-state index >= 15 is 0 Å². The van der Waals surface area contributed by atoms with Gasteiger partial charge in [0.05, 0.1) is 0 Å². The van der Waals surface area contributed by atoms with Crippen molar-refractivity contribution in [3.8, 4) is 0 Å². The molecule has 1 unspecified atom stereocenters. The molecule has 0 bridgehead atoms. The molecule has 1 aromatic rings. The fourth-order valence-corrected chi connectivity index (χ4v) is 2.42. The number of rotatable bonds is 3. The van der Waals surface area contributed by atoms with Crippen molar-refractivity contribution in [3.05, 3.63) is 18.3 Å². The van der Waals surface area contributed by atoms with E-state index < -0.39 is 10.0 Å². The molecule has 0 spiro atoms. The van der Waals surface area contributed by atoms with Crippen LogP contribution in [0.2, 0.25) is 0 Å². The first-order valence-corrected chi connectivity index (χ1v) is 6.85. The zero-order chi connectivity index (χ0) is 13.3. The van der Waals surface area contributed by atoms with Gasteiger partial charge in [0.2, 0.25) is 10.0 Å². The zero-order valence-corrected chi connectivity index (χ0v) is 11.4. The molecular formula is C11H19N3O2S. The molecule has 1 heterocycles. The molecule has 0 fully saturated rings. The molecule has 1 atom stereocenters. The molecule has 17 heavy (non-hydrogen) atoms. The number of nitrogen functional groups attached to an aromatic ring is 1. The zero-order valence-electron chi connectivity index (χ0n) is 10.6. The third-order valence-electron chi connectivity index (χ3n) is 2.70. The highest BCUT2D eigenvalue weighted by atomic mass is 32.2. The van der Waals surface area contributed by atoms with Crippen molar-refractivity contribution < 1.29 is 8.42 Å². The lowest BCUT2D eigenvalue weighted by molar-refractivity contribution is 0.317. The second kappa shape index (κ2) is 4.62. The summed E-state index contributed by atoms with van der Waals surface area (Å²) in [5, 5.41) is 0. The molecule has 0 aliphatic heterocycles. The lowest BCUT2D eigenvalue weighted by Gasteiger charge is -2.27. The summed E-state index contributed by atoms with van der Waals surface area (Å²) in [5.41, 5.74) is 5.27. The average molecular weight is 257 g/mol. The van der Waals surface area contributed by atoms with Crippen molar-refractivity contribution in [1.82, 2.24) is 9.71 Å². The Labute approximate surface area is 102 Å². The van der Waals surface area contributed by atoms with E-state index in [4.69, 9.17) is 5.73 Å². The van der Waals surface area contributed by atoms with Crippen molar-refractivity contribution in [2.24, 2.45) is 5.41 Å². The molecule has 0 aliphatic carbocycles. The molecule has 6 heteroatoms. The number of hydrogen-bond acceptors (Lipinski definition) is 4. The summed E-state index contributed by atoms with van der Waals surface area (Å²) in [5.74, 6) is 0.299. The fourth-order valence-electron chi connectivity index (χ4n) is 1.03. The smallest absolute Gasteiger partial charge is 0.242 e. The number of pyridine rings is 1. The summed E-state index contributed by atoms with van der Waals surface area (Å²) in [6.45, 7) is 7.76. The molecular weight excluding hydrogens is 238 g/mol. The molecule has 0 radical (unpaired) electrons. The number of aromatic nitrogens is 1. The minimum atomic E-state index is -3.53. The Hall–Kier alpha value is -1.14. The average Bonchev–Trinajstić information content (AvgIpc) is 2.16. The molecule has 0 saturated carbocycles. The summed E-state index contributed by atoms with van der Waals surface area (Å²) >= 11 is 0. The van der Waals surface area contributed by atoms with Crippen LogP contribution in [0.25, 0.3) is 0 Å². The van der Waals surface area contributed by atoms with Crippen molar-refractivity contribution in [1.29, 1.82) is 0 Å². The van der Waals surface area contributed by atoms with E-state index in [2.05, 4.69) is 9.71 Å². The first-order valence-electron chi connectivity index (χ1n) is 5.37. The van der Waals surface area contributed by atoms with Gasteiger partial charge in [-0.1, -0.05) is 20.8 Å². The lowest BCUT2D eigenvalue weighted by atomic mass is 9.89. The van der Waals surface area contributed by atoms with E-state index in [1.807, 2.05) is 27.7 Å². The molecule has 3 N–H and O–H groups in total. The minimum absolute atomic E-state index is 0.128. The van der Waals surface area contributed by atoms with Crippen LogP contribution in [0.5, 0.6) is 0 Å². The van der Waals surface area contributed by atoms with Gasteiger partial charge in [0.25, 0.3) is 0 Å². The van der Waals surface area contributed by atoms with E-state index in [9.17, 15) is 8.42 Å². The number of nitrogens with zero attached hydrogens (tertiary/aromatic N) is 1. The highest BCUT2D eigenvalue weighted by molar-refractivity contribution is 7.89. The first-order chi connectivity index (χ1) is 7.63. The minimum Gasteiger partial charge on any atom is -0.384 e. The van der Waals surface area contributed by atoms with Crippen LogP contribution >= 0.6 is 0 Å². The molecule has 5 nitrogen and oxygen atoms in total. The van der Waals surface area contributed by atoms with Gasteiger partial charge in [-0.05, 0) is 24.5 Å². The molecule has 1 aromatic heterocycles. The third-order valence-corrected chi connectivity index (χ3v) is 4.23. The van der Waals surface area contributed by atoms with Gasteiger partial charge in [-0.15, -0.1) is 0 Å². The standard InChI is InChI=1S/C11H19N3O2S/c1-8(11(2,3)4)14-17(15,16)9-5-6-10(12)13-7-9/h5-8,14H,1-4H3,(H2,12,13). The summed E-state index contributed by atoms with van der Waals surface area (Å²) in [4.78, 5) is 3.90. The molecule has 0 amide bonds. The second-order valence-electron chi connectivity index (χ2n) is 5.13. The normalized spacial score (nSPS) is 14.6. The Morgan fingerprint density at radius 3 is 2.35 bits per heavy atom. The van der Waals surface area contributed by atoms with Crippen LogP contribution < -0.4 is 10.5 Å². The van der Waals surface area contributed by atoms with Crippen molar-refractivity contribution in [3.63, 3.8) is 0 Å². The van der Waals surface area contributed by atoms with Gasteiger partial charge < -0.3 is 5.73 Å². The number of sulfonamides is 1. The Bertz CT molecular complexity index is 474. The van der Waals surface area contributed by atoms with Gasteiger partial charge in [-0.3, -0.25) is 0 Å². The third kappa shape index (κ3) is 3.67. The van der Waals surface area contributed by atoms with Gasteiger partial charge in [-0.2, -0.15) is 0 Å². The SMILES string of the molecule is CC(NS(=O)(=O)c1ccc(N)nc1)C(C)(C)C. The number of anilines is 1. The number of hydrogen-bond donors (Lipinski definition) is 2. The van der Waals surface area contributed by atoms with E-state index in [-0.39, 0.29) is 16.4 Å². The van der Waals surface area contributed by atoms with Crippen LogP contribution in [-0.2, 0) is 10.0 Å². The van der Waals surface area contributed by atoms with Crippen molar-refractivity contribution in [2.45, 2.75) is 38.6 Å². The largest absolute Gasteiger partial charge is 0.384 e. The fraction of sp³-hybridized carbons (Fsp3) is 0.545. The highest BCUT2D eigenvalue weighted by Crippen LogP contribution is 2.20. The van der Waals surface area contributed by atoms with Crippen LogP contribution in [0.15, 0.2) is 23.2 Å². The topological polar surface area (TPSA) is 85.1 Å². The van der Waals surface area contributed by atoms with Gasteiger partial charge in [0, 0.05) is 12.2 Å². The van der Waals surface area contributed by atoms with Crippen LogP contribution in [0.1, 0.15) is 27.7 Å². The summed E-state index contributed by atoms with van der Waals surface area (Å²) in [6.07, 6.45) is 1.26. The van der Waals surface area contributed by atoms with Crippen molar-refractivity contribution in [2.75, 3.05) is 5.73 Å². The first kappa shape index (κ1) is 13.9. The summed E-state index contributed by atoms with van der Waals surface area (Å²) in [6, 6.07) is 2.74. The van der Waals surface area contributed by atoms with Crippen LogP contribution in [-0.4, -0.2) is 19.4 Å². The molecule has 0 saturated heterocycles. The predicted molar refractivity (Wildman–Crippen MR) is 67.9 cm³/mol. The molecule has 0 aromatic carbocycles. The maximum absolute atomic E-state index is 12.0. The van der Waals surface area contributed by atoms with Gasteiger partial charge >= 0.3 is 0 Å². The van der Waals surface area contributed by atoms with E-state index in [1.54, 1.807) is 0 Å². The van der Waals surface area contributed by atoms with E-state index in [1.165, 1.54) is 18.3 Å². The van der Waals surface area contributed by atoms with Gasteiger partial charge in [-0.25, -0.2) is 18.1 Å². The van der Waals surface area contributed by atoms with Crippen LogP contribution in [0, 0.1) is 5.41 Å². The summed E-state index contributed by atoms with van der Waals surface area (Å²) < 4.78 is 26.6. The maximum atomic E-state index is 12.0. The Morgan fingerprint density at radius 1 is 1.35 bits per heavy atom. The summed E-state index contributed by atoms with van der Waals surface area (Å²) in [7, 11) is -3.53. The van der Waals surface area contributed by atoms with Crippen LogP contribution in [0.3, 0.4) is 0 Å². The number of nitrogens with one attached hydrogen (secondary N) is 1. The highest BCUT2D eigenvalue weighted by Gasteiger charge is 2.25. The van der Waals surface area contributed by atoms with Gasteiger partial charge in [0.15, 0.2) is 0 Å². The maximum Gasteiger partial charge on any atom is 0.242 e. The lowest BCUT2D eigenvalue weighted by Crippen LogP contribution is -2.41. The molecule has 0 aliphatic rings. The van der Waals surface area contributed by atoms with E-state index in [0.29, 0.717) is 5.82 Å².